The fraction of sp³-hybridized carbons (Fsp3) is 0.519. The highest BCUT2D eigenvalue weighted by molar-refractivity contribution is 5.88. The van der Waals surface area contributed by atoms with Crippen molar-refractivity contribution in [1.82, 2.24) is 0 Å². The normalized spacial score (nSPS) is 14.0. The Kier molecular flexibility index (Phi) is 11.3. The minimum atomic E-state index is -1.11. The molecule has 4 heteroatoms. The van der Waals surface area contributed by atoms with Gasteiger partial charge in [-0.15, -0.1) is 4.89 Å². The van der Waals surface area contributed by atoms with E-state index in [9.17, 15) is 4.79 Å². The smallest absolute Gasteiger partial charge is 0.343 e. The van der Waals surface area contributed by atoms with Crippen LogP contribution in [-0.2, 0) is 20.3 Å². The number of unbranched alkanes of at least 4 members (excludes halogenated alkanes) is 4. The maximum atomic E-state index is 12.6. The van der Waals surface area contributed by atoms with E-state index in [-0.39, 0.29) is 0 Å². The number of rotatable bonds is 15. The summed E-state index contributed by atoms with van der Waals surface area (Å²) in [4.78, 5) is 23.8. The number of benzene rings is 2. The highest BCUT2D eigenvalue weighted by Gasteiger charge is 2.38. The van der Waals surface area contributed by atoms with Crippen LogP contribution in [0.25, 0.3) is 0 Å². The van der Waals surface area contributed by atoms with Gasteiger partial charge in [0.1, 0.15) is 0 Å². The van der Waals surface area contributed by atoms with Crippen molar-refractivity contribution in [2.24, 2.45) is 5.92 Å². The maximum absolute atomic E-state index is 12.6. The number of carbonyl (C=O) groups excluding carboxylic acids is 1. The molecule has 0 amide bonds. The molecular formula is C27H38O4. The first kappa shape index (κ1) is 25.1. The molecule has 0 spiro atoms. The molecule has 0 aliphatic rings. The zero-order chi connectivity index (χ0) is 22.4. The number of hydrogen-bond donors (Lipinski definition) is 0. The van der Waals surface area contributed by atoms with Gasteiger partial charge in [0.05, 0.1) is 12.2 Å². The number of ether oxygens (including phenoxy) is 1. The van der Waals surface area contributed by atoms with Crippen LogP contribution in [0.5, 0.6) is 0 Å². The van der Waals surface area contributed by atoms with Crippen LogP contribution in [0.15, 0.2) is 60.7 Å². The monoisotopic (exact) mass is 426 g/mol. The predicted octanol–water partition coefficient (Wildman–Crippen LogP) is 7.44. The Morgan fingerprint density at radius 1 is 0.903 bits per heavy atom. The average Bonchev–Trinajstić information content (AvgIpc) is 2.83. The molecule has 2 rings (SSSR count). The number of carbonyl (C=O) groups is 1. The standard InChI is InChI=1S/C27H38O4/c1-4-6-7-8-15-22-29-27(21-20-23(3)5-2,25-18-13-10-14-19-25)31-30-26(28)24-16-11-9-12-17-24/h9-14,16-19,23H,4-8,15,20-22H2,1-3H3. The third-order valence-corrected chi connectivity index (χ3v) is 5.72. The lowest BCUT2D eigenvalue weighted by Crippen LogP contribution is -2.35. The average molecular weight is 427 g/mol. The molecule has 0 aliphatic heterocycles. The van der Waals surface area contributed by atoms with E-state index in [4.69, 9.17) is 14.5 Å². The van der Waals surface area contributed by atoms with Crippen LogP contribution in [0.1, 0.15) is 88.1 Å². The van der Waals surface area contributed by atoms with Gasteiger partial charge in [0.15, 0.2) is 0 Å². The summed E-state index contributed by atoms with van der Waals surface area (Å²) in [6.45, 7) is 7.17. The third-order valence-electron chi connectivity index (χ3n) is 5.72. The van der Waals surface area contributed by atoms with E-state index in [1.165, 1.54) is 19.3 Å². The summed E-state index contributed by atoms with van der Waals surface area (Å²) in [5, 5.41) is 0. The van der Waals surface area contributed by atoms with E-state index in [2.05, 4.69) is 20.8 Å². The molecule has 0 heterocycles. The zero-order valence-electron chi connectivity index (χ0n) is 19.3. The summed E-state index contributed by atoms with van der Waals surface area (Å²) in [6, 6.07) is 18.7. The van der Waals surface area contributed by atoms with Crippen LogP contribution in [-0.4, -0.2) is 12.6 Å². The van der Waals surface area contributed by atoms with Crippen molar-refractivity contribution in [3.63, 3.8) is 0 Å². The van der Waals surface area contributed by atoms with Gasteiger partial charge in [-0.05, 0) is 30.9 Å². The van der Waals surface area contributed by atoms with Gasteiger partial charge in [-0.25, -0.2) is 4.79 Å². The van der Waals surface area contributed by atoms with Crippen LogP contribution in [0, 0.1) is 5.92 Å². The summed E-state index contributed by atoms with van der Waals surface area (Å²) in [6.07, 6.45) is 8.32. The lowest BCUT2D eigenvalue weighted by atomic mass is 9.94. The first-order chi connectivity index (χ1) is 15.1. The first-order valence-corrected chi connectivity index (χ1v) is 11.8. The Morgan fingerprint density at radius 3 is 2.19 bits per heavy atom. The molecule has 0 aromatic heterocycles. The van der Waals surface area contributed by atoms with Crippen LogP contribution in [0.3, 0.4) is 0 Å². The van der Waals surface area contributed by atoms with Crippen molar-refractivity contribution in [2.45, 2.75) is 77.9 Å². The highest BCUT2D eigenvalue weighted by atomic mass is 17.2. The number of hydrogen-bond acceptors (Lipinski definition) is 4. The Morgan fingerprint density at radius 2 is 1.55 bits per heavy atom. The molecule has 0 aliphatic carbocycles. The molecule has 0 fully saturated rings. The summed E-state index contributed by atoms with van der Waals surface area (Å²) < 4.78 is 6.38. The van der Waals surface area contributed by atoms with E-state index < -0.39 is 11.8 Å². The largest absolute Gasteiger partial charge is 0.373 e. The van der Waals surface area contributed by atoms with Crippen molar-refractivity contribution >= 4 is 5.97 Å². The fourth-order valence-electron chi connectivity index (χ4n) is 3.42. The lowest BCUT2D eigenvalue weighted by molar-refractivity contribution is -0.409. The molecule has 0 N–H and O–H groups in total. The lowest BCUT2D eigenvalue weighted by Gasteiger charge is -2.33. The van der Waals surface area contributed by atoms with Crippen molar-refractivity contribution in [3.05, 3.63) is 71.8 Å². The summed E-state index contributed by atoms with van der Waals surface area (Å²) >= 11 is 0. The summed E-state index contributed by atoms with van der Waals surface area (Å²) in [5.41, 5.74) is 1.32. The second kappa shape index (κ2) is 14.0. The molecule has 2 unspecified atom stereocenters. The Hall–Kier alpha value is -2.17. The Balaban J connectivity index is 2.17. The van der Waals surface area contributed by atoms with E-state index in [1.54, 1.807) is 24.3 Å². The van der Waals surface area contributed by atoms with E-state index in [0.717, 1.165) is 31.2 Å². The quantitative estimate of drug-likeness (QED) is 0.128. The van der Waals surface area contributed by atoms with Crippen LogP contribution in [0.2, 0.25) is 0 Å². The van der Waals surface area contributed by atoms with Gasteiger partial charge >= 0.3 is 5.97 Å². The second-order valence-corrected chi connectivity index (χ2v) is 8.25. The van der Waals surface area contributed by atoms with E-state index in [0.29, 0.717) is 24.5 Å². The van der Waals surface area contributed by atoms with Gasteiger partial charge in [0.2, 0.25) is 5.79 Å². The maximum Gasteiger partial charge on any atom is 0.373 e. The van der Waals surface area contributed by atoms with Gasteiger partial charge in [0.25, 0.3) is 0 Å². The summed E-state index contributed by atoms with van der Waals surface area (Å²) in [7, 11) is 0. The molecule has 0 saturated carbocycles. The van der Waals surface area contributed by atoms with Crippen LogP contribution < -0.4 is 0 Å². The molecule has 2 aromatic rings. The summed E-state index contributed by atoms with van der Waals surface area (Å²) in [5.74, 6) is -1.11. The van der Waals surface area contributed by atoms with Crippen molar-refractivity contribution < 1.29 is 19.3 Å². The molecule has 4 nitrogen and oxygen atoms in total. The molecule has 170 valence electrons. The first-order valence-electron chi connectivity index (χ1n) is 11.8. The van der Waals surface area contributed by atoms with Gasteiger partial charge in [0, 0.05) is 12.0 Å². The minimum absolute atomic E-state index is 0.450. The highest BCUT2D eigenvalue weighted by Crippen LogP contribution is 2.35. The van der Waals surface area contributed by atoms with Crippen molar-refractivity contribution in [1.29, 1.82) is 0 Å². The Labute approximate surface area is 187 Å². The zero-order valence-corrected chi connectivity index (χ0v) is 19.3. The van der Waals surface area contributed by atoms with Crippen molar-refractivity contribution in [3.8, 4) is 0 Å². The molecular weight excluding hydrogens is 388 g/mol. The van der Waals surface area contributed by atoms with Gasteiger partial charge in [-0.2, -0.15) is 0 Å². The van der Waals surface area contributed by atoms with Gasteiger partial charge in [-0.3, -0.25) is 4.89 Å². The van der Waals surface area contributed by atoms with Gasteiger partial charge < -0.3 is 4.74 Å². The van der Waals surface area contributed by atoms with Crippen LogP contribution in [0.4, 0.5) is 0 Å². The minimum Gasteiger partial charge on any atom is -0.343 e. The van der Waals surface area contributed by atoms with Gasteiger partial charge in [-0.1, -0.05) is 101 Å². The van der Waals surface area contributed by atoms with Crippen LogP contribution >= 0.6 is 0 Å². The Bertz CT molecular complexity index is 731. The van der Waals surface area contributed by atoms with E-state index >= 15 is 0 Å². The molecule has 0 radical (unpaired) electrons. The third kappa shape index (κ3) is 8.47. The molecule has 2 aromatic carbocycles. The predicted molar refractivity (Wildman–Crippen MR) is 124 cm³/mol. The molecule has 0 bridgehead atoms. The van der Waals surface area contributed by atoms with Crippen molar-refractivity contribution in [2.75, 3.05) is 6.61 Å². The van der Waals surface area contributed by atoms with E-state index in [1.807, 2.05) is 36.4 Å². The molecule has 0 saturated heterocycles. The SMILES string of the molecule is CCCCCCCOC(CCC(C)CC)(OOC(=O)c1ccccc1)c1ccccc1. The molecule has 31 heavy (non-hydrogen) atoms. The topological polar surface area (TPSA) is 44.8 Å². The molecule has 2 atom stereocenters. The second-order valence-electron chi connectivity index (χ2n) is 8.25. The fourth-order valence-corrected chi connectivity index (χ4v) is 3.42.